The fourth-order valence-corrected chi connectivity index (χ4v) is 3.20. The molecule has 2 aliphatic rings. The predicted octanol–water partition coefficient (Wildman–Crippen LogP) is -0.176. The molecule has 1 heterocycles. The maximum Gasteiger partial charge on any atom is 0.333 e. The van der Waals surface area contributed by atoms with Gasteiger partial charge in [0.15, 0.2) is 0 Å². The highest BCUT2D eigenvalue weighted by atomic mass is 32.2. The molecule has 0 unspecified atom stereocenters. The molecule has 0 aromatic heterocycles. The summed E-state index contributed by atoms with van der Waals surface area (Å²) in [4.78, 5) is 24.7. The largest absolute Gasteiger partial charge is 0.463 e. The molecule has 0 aromatic carbocycles. The maximum absolute atomic E-state index is 11.8. The Kier molecular flexibility index (Phi) is 3.88. The number of carbonyl (C=O) groups is 2. The fourth-order valence-electron chi connectivity index (χ4n) is 2.57. The summed E-state index contributed by atoms with van der Waals surface area (Å²) in [5.74, 6) is -0.674. The molecule has 0 bridgehead atoms. The average molecular weight is 303 g/mol. The van der Waals surface area contributed by atoms with E-state index in [0.717, 1.165) is 6.26 Å². The predicted molar refractivity (Wildman–Crippen MR) is 69.1 cm³/mol. The van der Waals surface area contributed by atoms with Crippen LogP contribution in [0.25, 0.3) is 0 Å². The van der Waals surface area contributed by atoms with Crippen molar-refractivity contribution in [1.29, 1.82) is 0 Å². The van der Waals surface area contributed by atoms with Crippen LogP contribution in [0.15, 0.2) is 11.6 Å². The van der Waals surface area contributed by atoms with E-state index in [0.29, 0.717) is 5.57 Å². The second-order valence-electron chi connectivity index (χ2n) is 4.86. The minimum absolute atomic E-state index is 0.122. The van der Waals surface area contributed by atoms with Gasteiger partial charge < -0.3 is 9.64 Å². The van der Waals surface area contributed by atoms with Gasteiger partial charge in [-0.3, -0.25) is 8.98 Å². The van der Waals surface area contributed by atoms with Crippen molar-refractivity contribution in [3.8, 4) is 0 Å². The normalized spacial score (nSPS) is 28.4. The first kappa shape index (κ1) is 15.0. The third-order valence-corrected chi connectivity index (χ3v) is 3.87. The van der Waals surface area contributed by atoms with Gasteiger partial charge in [0.25, 0.3) is 10.1 Å². The molecule has 1 fully saturated rings. The van der Waals surface area contributed by atoms with Crippen molar-refractivity contribution in [1.82, 2.24) is 4.90 Å². The quantitative estimate of drug-likeness (QED) is 0.407. The summed E-state index contributed by atoms with van der Waals surface area (Å²) in [5.41, 5.74) is 0.352. The van der Waals surface area contributed by atoms with Gasteiger partial charge in [-0.2, -0.15) is 8.42 Å². The van der Waals surface area contributed by atoms with Crippen LogP contribution in [0, 0.1) is 0 Å². The molecule has 1 amide bonds. The van der Waals surface area contributed by atoms with Gasteiger partial charge in [-0.1, -0.05) is 0 Å². The molecular weight excluding hydrogens is 286 g/mol. The van der Waals surface area contributed by atoms with Crippen LogP contribution in [-0.4, -0.2) is 56.2 Å². The van der Waals surface area contributed by atoms with Gasteiger partial charge in [0, 0.05) is 18.9 Å². The zero-order valence-electron chi connectivity index (χ0n) is 11.5. The Morgan fingerprint density at radius 3 is 2.60 bits per heavy atom. The minimum Gasteiger partial charge on any atom is -0.463 e. The first-order valence-corrected chi connectivity index (χ1v) is 8.11. The lowest BCUT2D eigenvalue weighted by Crippen LogP contribution is -2.31. The Morgan fingerprint density at radius 1 is 1.45 bits per heavy atom. The fraction of sp³-hybridized carbons (Fsp3) is 0.667. The average Bonchev–Trinajstić information content (AvgIpc) is 3.01. The van der Waals surface area contributed by atoms with Gasteiger partial charge in [-0.25, -0.2) is 4.79 Å². The smallest absolute Gasteiger partial charge is 0.333 e. The van der Waals surface area contributed by atoms with E-state index >= 15 is 0 Å². The summed E-state index contributed by atoms with van der Waals surface area (Å²) >= 11 is 0. The Morgan fingerprint density at radius 2 is 2.10 bits per heavy atom. The number of esters is 1. The van der Waals surface area contributed by atoms with E-state index in [-0.39, 0.29) is 31.0 Å². The Hall–Kier alpha value is -1.41. The number of ether oxygens (including phenoxy) is 1. The number of amides is 1. The third-order valence-electron chi connectivity index (χ3n) is 3.28. The zero-order valence-corrected chi connectivity index (χ0v) is 12.3. The topological polar surface area (TPSA) is 89.8 Å². The molecule has 1 aliphatic heterocycles. The Balaban J connectivity index is 2.21. The van der Waals surface area contributed by atoms with Crippen molar-refractivity contribution in [2.75, 3.05) is 12.9 Å². The summed E-state index contributed by atoms with van der Waals surface area (Å²) in [5, 5.41) is 0. The van der Waals surface area contributed by atoms with Gasteiger partial charge in [0.2, 0.25) is 5.91 Å². The molecular formula is C12H17NO6S. The summed E-state index contributed by atoms with van der Waals surface area (Å²) in [6, 6.07) is -0.604. The van der Waals surface area contributed by atoms with E-state index in [4.69, 9.17) is 8.92 Å². The molecule has 0 spiro atoms. The van der Waals surface area contributed by atoms with Crippen molar-refractivity contribution >= 4 is 22.0 Å². The van der Waals surface area contributed by atoms with Gasteiger partial charge in [-0.05, 0) is 13.0 Å². The number of nitrogens with zero attached hydrogens (tertiary/aromatic N) is 1. The number of rotatable bonds is 4. The molecule has 0 radical (unpaired) electrons. The first-order valence-electron chi connectivity index (χ1n) is 6.29. The van der Waals surface area contributed by atoms with Crippen LogP contribution in [0.1, 0.15) is 20.3 Å². The van der Waals surface area contributed by atoms with Gasteiger partial charge in [0.1, 0.15) is 6.10 Å². The summed E-state index contributed by atoms with van der Waals surface area (Å²) in [6.07, 6.45) is 2.00. The highest BCUT2D eigenvalue weighted by Gasteiger charge is 2.57. The molecule has 3 atom stereocenters. The third kappa shape index (κ3) is 3.01. The molecule has 0 aromatic rings. The highest BCUT2D eigenvalue weighted by molar-refractivity contribution is 7.86. The monoisotopic (exact) mass is 303 g/mol. The molecule has 0 saturated carbocycles. The zero-order chi connectivity index (χ0) is 15.1. The first-order chi connectivity index (χ1) is 9.24. The molecule has 112 valence electrons. The van der Waals surface area contributed by atoms with E-state index in [9.17, 15) is 18.0 Å². The van der Waals surface area contributed by atoms with E-state index in [1.807, 2.05) is 0 Å². The Labute approximate surface area is 117 Å². The van der Waals surface area contributed by atoms with Crippen LogP contribution in [-0.2, 0) is 28.6 Å². The summed E-state index contributed by atoms with van der Waals surface area (Å²) < 4.78 is 32.5. The lowest BCUT2D eigenvalue weighted by Gasteiger charge is -2.19. The van der Waals surface area contributed by atoms with Crippen molar-refractivity contribution in [2.45, 2.75) is 38.5 Å². The SMILES string of the molecule is CCOC(=O)C1=C[C@H]2[C@@H]([C@H](OS(C)(=O)=O)C1)N2C(C)=O. The summed E-state index contributed by atoms with van der Waals surface area (Å²) in [7, 11) is -3.66. The van der Waals surface area contributed by atoms with Crippen LogP contribution in [0.3, 0.4) is 0 Å². The van der Waals surface area contributed by atoms with Crippen LogP contribution < -0.4 is 0 Å². The molecule has 8 heteroatoms. The lowest BCUT2D eigenvalue weighted by molar-refractivity contribution is -0.139. The van der Waals surface area contributed by atoms with Gasteiger partial charge in [-0.15, -0.1) is 0 Å². The van der Waals surface area contributed by atoms with E-state index in [1.165, 1.54) is 11.8 Å². The van der Waals surface area contributed by atoms with Gasteiger partial charge in [0.05, 0.1) is 24.9 Å². The van der Waals surface area contributed by atoms with Crippen LogP contribution in [0.2, 0.25) is 0 Å². The van der Waals surface area contributed by atoms with Crippen molar-refractivity contribution in [2.24, 2.45) is 0 Å². The highest BCUT2D eigenvalue weighted by Crippen LogP contribution is 2.41. The standard InChI is InChI=1S/C12H17NO6S/c1-4-18-12(15)8-5-9-11(13(9)7(2)14)10(6-8)19-20(3,16)17/h5,9-11H,4,6H2,1-3H3/t9-,10+,11-,13?/m0/s1. The minimum atomic E-state index is -3.66. The van der Waals surface area contributed by atoms with Crippen LogP contribution in [0.5, 0.6) is 0 Å². The van der Waals surface area contributed by atoms with E-state index in [2.05, 4.69) is 0 Å². The molecule has 1 saturated heterocycles. The van der Waals surface area contributed by atoms with E-state index in [1.54, 1.807) is 13.0 Å². The maximum atomic E-state index is 11.8. The van der Waals surface area contributed by atoms with Crippen LogP contribution >= 0.6 is 0 Å². The summed E-state index contributed by atoms with van der Waals surface area (Å²) in [6.45, 7) is 3.32. The van der Waals surface area contributed by atoms with Crippen molar-refractivity contribution < 1.29 is 26.9 Å². The molecule has 20 heavy (non-hydrogen) atoms. The number of hydrogen-bond donors (Lipinski definition) is 0. The van der Waals surface area contributed by atoms with Gasteiger partial charge >= 0.3 is 5.97 Å². The molecule has 1 aliphatic carbocycles. The van der Waals surface area contributed by atoms with E-state index < -0.39 is 22.2 Å². The number of hydrogen-bond acceptors (Lipinski definition) is 6. The second kappa shape index (κ2) is 5.17. The molecule has 2 rings (SSSR count). The number of carbonyl (C=O) groups excluding carboxylic acids is 2. The Bertz CT molecular complexity index is 566. The molecule has 7 nitrogen and oxygen atoms in total. The second-order valence-corrected chi connectivity index (χ2v) is 6.46. The lowest BCUT2D eigenvalue weighted by atomic mass is 9.97. The van der Waals surface area contributed by atoms with Crippen molar-refractivity contribution in [3.63, 3.8) is 0 Å². The molecule has 0 N–H and O–H groups in total. The van der Waals surface area contributed by atoms with Crippen molar-refractivity contribution in [3.05, 3.63) is 11.6 Å². The van der Waals surface area contributed by atoms with Crippen LogP contribution in [0.4, 0.5) is 0 Å². The number of fused-ring (bicyclic) bond motifs is 1.